The number of nitriles is 1. The summed E-state index contributed by atoms with van der Waals surface area (Å²) in [5.41, 5.74) is 1.67. The number of rotatable bonds is 4. The summed E-state index contributed by atoms with van der Waals surface area (Å²) in [6.07, 6.45) is 2.03. The first-order valence-electron chi connectivity index (χ1n) is 6.24. The third-order valence-electron chi connectivity index (χ3n) is 3.48. The van der Waals surface area contributed by atoms with Gasteiger partial charge in [0.25, 0.3) is 0 Å². The fourth-order valence-corrected chi connectivity index (χ4v) is 2.70. The number of benzene rings is 1. The molecule has 2 rings (SSSR count). The van der Waals surface area contributed by atoms with Crippen molar-refractivity contribution < 1.29 is 5.11 Å². The van der Waals surface area contributed by atoms with E-state index < -0.39 is 0 Å². The average Bonchev–Trinajstić information content (AvgIpc) is 2.80. The minimum Gasteiger partial charge on any atom is -0.396 e. The Hall–Kier alpha value is -1.08. The number of nitrogens with zero attached hydrogens (tertiary/aromatic N) is 2. The summed E-state index contributed by atoms with van der Waals surface area (Å²) in [4.78, 5) is 2.35. The highest BCUT2D eigenvalue weighted by atomic mass is 35.5. The van der Waals surface area contributed by atoms with Crippen LogP contribution in [0.15, 0.2) is 18.2 Å². The third kappa shape index (κ3) is 3.23. The summed E-state index contributed by atoms with van der Waals surface area (Å²) in [5, 5.41) is 18.4. The van der Waals surface area contributed by atoms with Crippen LogP contribution in [0.2, 0.25) is 5.02 Å². The van der Waals surface area contributed by atoms with Crippen molar-refractivity contribution in [3.8, 4) is 6.07 Å². The maximum absolute atomic E-state index is 8.93. The lowest BCUT2D eigenvalue weighted by Gasteiger charge is -2.16. The summed E-state index contributed by atoms with van der Waals surface area (Å²) in [7, 11) is 0. The molecule has 1 atom stereocenters. The first-order chi connectivity index (χ1) is 8.72. The number of likely N-dealkylation sites (tertiary alicyclic amines) is 1. The van der Waals surface area contributed by atoms with Crippen molar-refractivity contribution in [2.24, 2.45) is 5.92 Å². The molecule has 4 heteroatoms. The van der Waals surface area contributed by atoms with Crippen molar-refractivity contribution in [3.63, 3.8) is 0 Å². The van der Waals surface area contributed by atoms with Crippen molar-refractivity contribution in [2.45, 2.75) is 19.4 Å². The minimum absolute atomic E-state index is 0.274. The first kappa shape index (κ1) is 13.4. The Kier molecular flexibility index (Phi) is 4.60. The molecule has 1 fully saturated rings. The van der Waals surface area contributed by atoms with Gasteiger partial charge in [-0.2, -0.15) is 5.26 Å². The van der Waals surface area contributed by atoms with Gasteiger partial charge >= 0.3 is 0 Å². The van der Waals surface area contributed by atoms with Crippen LogP contribution in [-0.2, 0) is 6.54 Å². The molecule has 1 aliphatic heterocycles. The quantitative estimate of drug-likeness (QED) is 0.909. The fraction of sp³-hybridized carbons (Fsp3) is 0.500. The fourth-order valence-electron chi connectivity index (χ4n) is 2.46. The van der Waals surface area contributed by atoms with Gasteiger partial charge in [-0.05, 0) is 43.0 Å². The van der Waals surface area contributed by atoms with Crippen LogP contribution in [0.3, 0.4) is 0 Å². The van der Waals surface area contributed by atoms with E-state index in [1.807, 2.05) is 12.1 Å². The van der Waals surface area contributed by atoms with Crippen LogP contribution in [-0.4, -0.2) is 29.7 Å². The molecule has 0 bridgehead atoms. The van der Waals surface area contributed by atoms with E-state index in [9.17, 15) is 0 Å². The molecule has 18 heavy (non-hydrogen) atoms. The van der Waals surface area contributed by atoms with E-state index in [-0.39, 0.29) is 6.61 Å². The molecule has 1 heterocycles. The molecule has 3 nitrogen and oxygen atoms in total. The Balaban J connectivity index is 1.96. The highest BCUT2D eigenvalue weighted by molar-refractivity contribution is 6.31. The van der Waals surface area contributed by atoms with Crippen LogP contribution in [0.4, 0.5) is 0 Å². The summed E-state index contributed by atoms with van der Waals surface area (Å²) >= 11 is 6.17. The van der Waals surface area contributed by atoms with Gasteiger partial charge < -0.3 is 5.11 Å². The van der Waals surface area contributed by atoms with Crippen LogP contribution in [0.5, 0.6) is 0 Å². The van der Waals surface area contributed by atoms with Crippen molar-refractivity contribution >= 4 is 11.6 Å². The molecular formula is C14H17ClN2O. The van der Waals surface area contributed by atoms with Crippen molar-refractivity contribution in [2.75, 3.05) is 19.7 Å². The predicted octanol–water partition coefficient (Wildman–Crippen LogP) is 2.42. The summed E-state index contributed by atoms with van der Waals surface area (Å²) in [6.45, 7) is 3.18. The third-order valence-corrected chi connectivity index (χ3v) is 3.84. The van der Waals surface area contributed by atoms with Gasteiger partial charge in [0.05, 0.1) is 11.6 Å². The van der Waals surface area contributed by atoms with E-state index >= 15 is 0 Å². The molecular weight excluding hydrogens is 248 g/mol. The van der Waals surface area contributed by atoms with Gasteiger partial charge in [0, 0.05) is 24.7 Å². The second kappa shape index (κ2) is 6.19. The summed E-state index contributed by atoms with van der Waals surface area (Å²) in [6, 6.07) is 7.55. The van der Waals surface area contributed by atoms with Gasteiger partial charge in [-0.3, -0.25) is 4.90 Å². The van der Waals surface area contributed by atoms with E-state index in [4.69, 9.17) is 22.0 Å². The zero-order chi connectivity index (χ0) is 13.0. The molecule has 1 aromatic rings. The molecule has 1 N–H and O–H groups in total. The Bertz CT molecular complexity index is 456. The summed E-state index contributed by atoms with van der Waals surface area (Å²) < 4.78 is 0. The van der Waals surface area contributed by atoms with Crippen LogP contribution >= 0.6 is 11.6 Å². The molecule has 1 aromatic carbocycles. The minimum atomic E-state index is 0.274. The van der Waals surface area contributed by atoms with Gasteiger partial charge in [0.15, 0.2) is 0 Å². The lowest BCUT2D eigenvalue weighted by molar-refractivity contribution is 0.249. The van der Waals surface area contributed by atoms with Gasteiger partial charge in [-0.25, -0.2) is 0 Å². The number of aliphatic hydroxyl groups is 1. The predicted molar refractivity (Wildman–Crippen MR) is 71.3 cm³/mol. The monoisotopic (exact) mass is 264 g/mol. The molecule has 96 valence electrons. The highest BCUT2D eigenvalue weighted by Gasteiger charge is 2.22. The molecule has 0 radical (unpaired) electrons. The maximum atomic E-state index is 8.93. The van der Waals surface area contributed by atoms with Crippen LogP contribution in [0.1, 0.15) is 24.0 Å². The second-order valence-electron chi connectivity index (χ2n) is 4.82. The van der Waals surface area contributed by atoms with Crippen LogP contribution in [0.25, 0.3) is 0 Å². The van der Waals surface area contributed by atoms with Gasteiger partial charge in [-0.1, -0.05) is 17.7 Å². The molecule has 1 unspecified atom stereocenters. The molecule has 0 amide bonds. The molecule has 0 spiro atoms. The Morgan fingerprint density at radius 2 is 2.33 bits per heavy atom. The lowest BCUT2D eigenvalue weighted by atomic mass is 10.1. The zero-order valence-electron chi connectivity index (χ0n) is 10.3. The first-order valence-corrected chi connectivity index (χ1v) is 6.62. The molecule has 0 saturated carbocycles. The van der Waals surface area contributed by atoms with E-state index in [2.05, 4.69) is 11.0 Å². The Morgan fingerprint density at radius 1 is 1.50 bits per heavy atom. The highest BCUT2D eigenvalue weighted by Crippen LogP contribution is 2.24. The average molecular weight is 265 g/mol. The van der Waals surface area contributed by atoms with Gasteiger partial charge in [0.2, 0.25) is 0 Å². The molecule has 1 saturated heterocycles. The second-order valence-corrected chi connectivity index (χ2v) is 5.23. The smallest absolute Gasteiger partial charge is 0.0992 e. The van der Waals surface area contributed by atoms with Crippen molar-refractivity contribution in [3.05, 3.63) is 34.3 Å². The van der Waals surface area contributed by atoms with Crippen molar-refractivity contribution in [1.29, 1.82) is 5.26 Å². The molecule has 1 aliphatic rings. The Morgan fingerprint density at radius 3 is 3.00 bits per heavy atom. The van der Waals surface area contributed by atoms with Gasteiger partial charge in [0.1, 0.15) is 0 Å². The number of hydrogen-bond acceptors (Lipinski definition) is 3. The lowest BCUT2D eigenvalue weighted by Crippen LogP contribution is -2.20. The molecule has 0 aromatic heterocycles. The van der Waals surface area contributed by atoms with Crippen LogP contribution < -0.4 is 0 Å². The summed E-state index contributed by atoms with van der Waals surface area (Å²) in [5.74, 6) is 0.604. The molecule has 0 aliphatic carbocycles. The van der Waals surface area contributed by atoms with E-state index in [1.54, 1.807) is 6.07 Å². The zero-order valence-corrected chi connectivity index (χ0v) is 11.0. The van der Waals surface area contributed by atoms with Crippen molar-refractivity contribution in [1.82, 2.24) is 4.90 Å². The van der Waals surface area contributed by atoms with E-state index in [0.29, 0.717) is 16.5 Å². The van der Waals surface area contributed by atoms with E-state index in [1.165, 1.54) is 0 Å². The Labute approximate surface area is 113 Å². The number of halogens is 1. The topological polar surface area (TPSA) is 47.3 Å². The number of hydrogen-bond donors (Lipinski definition) is 1. The van der Waals surface area contributed by atoms with Crippen LogP contribution in [0, 0.1) is 17.2 Å². The SMILES string of the molecule is N#Cc1ccc(CN2CCC(CCO)C2)c(Cl)c1. The standard InChI is InChI=1S/C14H17ClN2O/c15-14-7-12(8-16)1-2-13(14)10-17-5-3-11(9-17)4-6-18/h1-2,7,11,18H,3-6,9-10H2. The van der Waals surface area contributed by atoms with E-state index in [0.717, 1.165) is 38.0 Å². The normalized spacial score (nSPS) is 19.9. The maximum Gasteiger partial charge on any atom is 0.0992 e. The van der Waals surface area contributed by atoms with Gasteiger partial charge in [-0.15, -0.1) is 0 Å². The largest absolute Gasteiger partial charge is 0.396 e. The number of aliphatic hydroxyl groups excluding tert-OH is 1.